The number of nitrogens with zero attached hydrogens (tertiary/aromatic N) is 1. The third kappa shape index (κ3) is 17.1. The topological polar surface area (TPSA) is 220 Å². The molecule has 4 aliphatic heterocycles. The zero-order chi connectivity index (χ0) is 59.3. The van der Waals surface area contributed by atoms with Gasteiger partial charge in [-0.25, -0.2) is 0 Å². The Morgan fingerprint density at radius 3 is 2.22 bits per heavy atom. The summed E-state index contributed by atoms with van der Waals surface area (Å²) in [4.78, 5) is 86.0. The molecule has 18 heteroatoms. The smallest absolute Gasteiger partial charge is 0.316 e. The Morgan fingerprint density at radius 2 is 1.56 bits per heavy atom. The molecule has 0 spiro atoms. The first-order valence-electron chi connectivity index (χ1n) is 29.1. The minimum Gasteiger partial charge on any atom is -0.461 e. The Kier molecular flexibility index (Phi) is 24.3. The second kappa shape index (κ2) is 29.9. The van der Waals surface area contributed by atoms with Gasteiger partial charge in [-0.1, -0.05) is 94.8 Å². The number of ether oxygens (including phenoxy) is 8. The van der Waals surface area contributed by atoms with Crippen LogP contribution in [-0.2, 0) is 66.7 Å². The Bertz CT molecular complexity index is 2450. The van der Waals surface area contributed by atoms with Gasteiger partial charge in [0.1, 0.15) is 35.6 Å². The molecule has 81 heavy (non-hydrogen) atoms. The molecule has 4 bridgehead atoms. The van der Waals surface area contributed by atoms with Crippen LogP contribution in [0.4, 0.5) is 0 Å². The minimum atomic E-state index is -2.40. The minimum absolute atomic E-state index is 0.00565. The molecule has 450 valence electrons. The molecule has 2 N–H and O–H groups in total. The van der Waals surface area contributed by atoms with Crippen LogP contribution in [0.2, 0.25) is 5.02 Å². The maximum absolute atomic E-state index is 14.4. The van der Waals surface area contributed by atoms with Crippen molar-refractivity contribution >= 4 is 46.8 Å². The number of piperidine rings is 1. The zero-order valence-electron chi connectivity index (χ0n) is 49.5. The summed E-state index contributed by atoms with van der Waals surface area (Å²) in [6, 6.07) is 7.12. The van der Waals surface area contributed by atoms with Crippen molar-refractivity contribution in [2.75, 3.05) is 47.6 Å². The van der Waals surface area contributed by atoms with Crippen LogP contribution in [-0.4, -0.2) is 146 Å². The van der Waals surface area contributed by atoms with Crippen LogP contribution in [0.5, 0.6) is 0 Å². The number of esters is 2. The van der Waals surface area contributed by atoms with Crippen LogP contribution in [0.1, 0.15) is 138 Å². The number of hydrogen-bond acceptors (Lipinski definition) is 16. The fraction of sp³-hybridized carbons (Fsp3) is 0.683. The molecule has 1 amide bonds. The first-order chi connectivity index (χ1) is 38.4. The fourth-order valence-corrected chi connectivity index (χ4v) is 12.1. The van der Waals surface area contributed by atoms with Crippen molar-refractivity contribution in [3.05, 3.63) is 82.5 Å². The van der Waals surface area contributed by atoms with E-state index in [-0.39, 0.29) is 62.0 Å². The monoisotopic (exact) mass is 1150 g/mol. The number of aliphatic hydroxyl groups excluding tert-OH is 1. The third-order valence-electron chi connectivity index (χ3n) is 17.5. The highest BCUT2D eigenvalue weighted by Gasteiger charge is 2.52. The number of halogens is 1. The number of aliphatic hydroxyl groups is 2. The molecule has 3 saturated heterocycles. The van der Waals surface area contributed by atoms with Crippen molar-refractivity contribution < 1.29 is 76.9 Å². The normalized spacial score (nSPS) is 38.5. The predicted octanol–water partition coefficient (Wildman–Crippen LogP) is 8.99. The highest BCUT2D eigenvalue weighted by molar-refractivity contribution is 6.38. The molecule has 0 radical (unpaired) electrons. The Balaban J connectivity index is 1.20. The second-order valence-corrected chi connectivity index (χ2v) is 24.5. The molecule has 5 aliphatic rings. The van der Waals surface area contributed by atoms with E-state index >= 15 is 0 Å². The summed E-state index contributed by atoms with van der Waals surface area (Å²) in [5.74, 6) is -9.21. The van der Waals surface area contributed by atoms with Crippen LogP contribution in [0.3, 0.4) is 0 Å². The fourth-order valence-electron chi connectivity index (χ4n) is 12.0. The summed E-state index contributed by atoms with van der Waals surface area (Å²) in [5.41, 5.74) is 0.973. The lowest BCUT2D eigenvalue weighted by molar-refractivity contribution is -0.265. The number of rotatable bonds is 9. The molecule has 1 aliphatic carbocycles. The van der Waals surface area contributed by atoms with Crippen molar-refractivity contribution in [1.29, 1.82) is 0 Å². The van der Waals surface area contributed by atoms with E-state index in [2.05, 4.69) is 0 Å². The molecule has 4 heterocycles. The van der Waals surface area contributed by atoms with E-state index in [0.29, 0.717) is 74.8 Å². The summed E-state index contributed by atoms with van der Waals surface area (Å²) in [7, 11) is 4.53. The summed E-state index contributed by atoms with van der Waals surface area (Å²) < 4.78 is 48.1. The van der Waals surface area contributed by atoms with Crippen molar-refractivity contribution in [2.24, 2.45) is 46.8 Å². The van der Waals surface area contributed by atoms with Crippen molar-refractivity contribution in [3.63, 3.8) is 0 Å². The molecule has 1 aromatic carbocycles. The molecule has 1 saturated carbocycles. The number of Topliss-reactive ketones (excluding diaryl/α,β-unsaturated/α-hetero) is 3. The molecule has 15 atom stereocenters. The standard InChI is InChI=1S/C63H90ClNO16/c1-37-16-13-12-14-17-38(2)51(74-9)32-48-25-19-43(7)63(73,81-48)57(69)58(70)65-27-15-18-46(34-65)59(71)79-52(33-49(66)39(3)29-42(6)55(68)56(76-11)54(67)41(5)28-37)40(4)30-44-20-26-50(53(31-44)75-10)80-61(72)62(8)35-77-60(78-36-62)45-21-23-47(64)24-22-45/h12-14,16-17,21-24,29,37,39-41,43-44,46,48,50-53,55-56,60,68,73H,15,18-20,25-28,30-36H2,1-11H3/b14-12+,16-13+,38-17+,42-29+/t37-,39-,40-,41-,43-,44+,46?,48+,50-,51+,52+,53-,55-,56+,60?,62?,63-/m1/s1. The van der Waals surface area contributed by atoms with Crippen LogP contribution < -0.4 is 0 Å². The number of methoxy groups -OCH3 is 3. The maximum atomic E-state index is 14.4. The van der Waals surface area contributed by atoms with Crippen LogP contribution >= 0.6 is 11.6 Å². The highest BCUT2D eigenvalue weighted by atomic mass is 35.5. The number of hydrogen-bond donors (Lipinski definition) is 2. The van der Waals surface area contributed by atoms with E-state index in [1.807, 2.05) is 70.2 Å². The van der Waals surface area contributed by atoms with Gasteiger partial charge in [-0.05, 0) is 120 Å². The van der Waals surface area contributed by atoms with Crippen LogP contribution in [0.25, 0.3) is 0 Å². The number of fused-ring (bicyclic) bond motifs is 4. The maximum Gasteiger partial charge on any atom is 0.316 e. The zero-order valence-corrected chi connectivity index (χ0v) is 50.2. The summed E-state index contributed by atoms with van der Waals surface area (Å²) in [6.07, 6.45) is 9.50. The molecule has 17 nitrogen and oxygen atoms in total. The molecular weight excluding hydrogens is 1060 g/mol. The van der Waals surface area contributed by atoms with Gasteiger partial charge in [-0.2, -0.15) is 0 Å². The Morgan fingerprint density at radius 1 is 0.852 bits per heavy atom. The van der Waals surface area contributed by atoms with E-state index in [1.54, 1.807) is 60.1 Å². The van der Waals surface area contributed by atoms with Gasteiger partial charge in [0.05, 0.1) is 37.4 Å². The van der Waals surface area contributed by atoms with Gasteiger partial charge >= 0.3 is 11.9 Å². The molecule has 1 unspecified atom stereocenters. The highest BCUT2D eigenvalue weighted by Crippen LogP contribution is 2.40. The second-order valence-electron chi connectivity index (χ2n) is 24.1. The largest absolute Gasteiger partial charge is 0.461 e. The Hall–Kier alpha value is -4.43. The number of benzene rings is 1. The van der Waals surface area contributed by atoms with Gasteiger partial charge in [0.2, 0.25) is 5.79 Å². The van der Waals surface area contributed by atoms with Gasteiger partial charge in [0.15, 0.2) is 12.1 Å². The number of carbonyl (C=O) groups excluding carboxylic acids is 6. The van der Waals surface area contributed by atoms with Gasteiger partial charge in [0.25, 0.3) is 11.7 Å². The average Bonchev–Trinajstić information content (AvgIpc) is 3.52. The average molecular weight is 1150 g/mol. The number of ketones is 3. The van der Waals surface area contributed by atoms with Gasteiger partial charge in [-0.3, -0.25) is 28.8 Å². The molecule has 4 fully saturated rings. The van der Waals surface area contributed by atoms with Crippen molar-refractivity contribution in [2.45, 2.75) is 181 Å². The molecule has 1 aromatic rings. The lowest BCUT2D eigenvalue weighted by Crippen LogP contribution is -2.59. The number of amides is 1. The van der Waals surface area contributed by atoms with Crippen molar-refractivity contribution in [1.82, 2.24) is 4.90 Å². The van der Waals surface area contributed by atoms with E-state index in [1.165, 1.54) is 12.0 Å². The lowest BCUT2D eigenvalue weighted by Gasteiger charge is -2.42. The van der Waals surface area contributed by atoms with E-state index in [0.717, 1.165) is 11.1 Å². The van der Waals surface area contributed by atoms with Crippen LogP contribution in [0, 0.1) is 46.8 Å². The first-order valence-corrected chi connectivity index (χ1v) is 29.5. The molecular formula is C63H90ClNO16. The van der Waals surface area contributed by atoms with E-state index < -0.39 is 108 Å². The van der Waals surface area contributed by atoms with Crippen LogP contribution in [0.15, 0.2) is 71.9 Å². The quantitative estimate of drug-likeness (QED) is 0.134. The van der Waals surface area contributed by atoms with Gasteiger partial charge < -0.3 is 53.0 Å². The predicted molar refractivity (Wildman–Crippen MR) is 303 cm³/mol. The first kappa shape index (κ1) is 65.7. The lowest BCUT2D eigenvalue weighted by atomic mass is 9.78. The summed E-state index contributed by atoms with van der Waals surface area (Å²) >= 11 is 6.07. The number of cyclic esters (lactones) is 1. The number of carbonyl (C=O) groups is 6. The summed E-state index contributed by atoms with van der Waals surface area (Å²) in [5, 5.41) is 24.1. The van der Waals surface area contributed by atoms with Gasteiger partial charge in [0, 0.05) is 75.6 Å². The van der Waals surface area contributed by atoms with Crippen molar-refractivity contribution in [3.8, 4) is 0 Å². The molecule has 0 aromatic heterocycles. The molecule has 6 rings (SSSR count). The van der Waals surface area contributed by atoms with E-state index in [9.17, 15) is 39.0 Å². The number of allylic oxidation sites excluding steroid dienone is 6. The van der Waals surface area contributed by atoms with Gasteiger partial charge in [-0.15, -0.1) is 0 Å². The third-order valence-corrected chi connectivity index (χ3v) is 17.7. The van der Waals surface area contributed by atoms with E-state index in [4.69, 9.17) is 49.5 Å². The summed E-state index contributed by atoms with van der Waals surface area (Å²) in [6.45, 7) is 14.6. The SMILES string of the molecule is CO[C@H]1C[C@@H]2CC[C@@H](C)[C@@](O)(O2)C(=O)C(=O)N2CCCC(C2)C(=O)O[C@H]([C@H](C)C[C@@H]2CC[C@@H](OC(=O)C3(C)COC(c4ccc(Cl)cc4)OC3)[C@H](OC)C2)CC(=O)[C@H](C)/C=C(\C)[C@@H](O)[C@@H](OC)C(=O)[C@H](C)C[C@H](C)/C=C/C=C/C=C/1C. The Labute approximate surface area is 484 Å².